The SMILES string of the molecule is CN1CCCCC1CS(=O)(=O)Cl. The van der Waals surface area contributed by atoms with E-state index < -0.39 is 9.05 Å². The molecule has 0 amide bonds. The Bertz CT molecular complexity index is 240. The van der Waals surface area contributed by atoms with E-state index >= 15 is 0 Å². The standard InChI is InChI=1S/C7H14ClNO2S/c1-9-5-3-2-4-7(9)6-12(8,10)11/h7H,2-6H2,1H3. The van der Waals surface area contributed by atoms with E-state index in [-0.39, 0.29) is 11.8 Å². The number of piperidine rings is 1. The Hall–Kier alpha value is 0.200. The van der Waals surface area contributed by atoms with Crippen LogP contribution in [0.15, 0.2) is 0 Å². The van der Waals surface area contributed by atoms with Crippen molar-refractivity contribution in [2.45, 2.75) is 25.3 Å². The van der Waals surface area contributed by atoms with Crippen molar-refractivity contribution in [3.8, 4) is 0 Å². The van der Waals surface area contributed by atoms with Crippen LogP contribution in [0.25, 0.3) is 0 Å². The van der Waals surface area contributed by atoms with Crippen LogP contribution in [0.2, 0.25) is 0 Å². The van der Waals surface area contributed by atoms with E-state index in [0.29, 0.717) is 0 Å². The maximum Gasteiger partial charge on any atom is 0.234 e. The molecule has 0 aromatic carbocycles. The zero-order valence-corrected chi connectivity index (χ0v) is 8.74. The van der Waals surface area contributed by atoms with Gasteiger partial charge in [-0.3, -0.25) is 0 Å². The third-order valence-corrected chi connectivity index (χ3v) is 3.47. The summed E-state index contributed by atoms with van der Waals surface area (Å²) in [5.41, 5.74) is 0. The maximum atomic E-state index is 10.8. The lowest BCUT2D eigenvalue weighted by atomic mass is 10.1. The number of halogens is 1. The maximum absolute atomic E-state index is 10.8. The monoisotopic (exact) mass is 211 g/mol. The summed E-state index contributed by atoms with van der Waals surface area (Å²) in [4.78, 5) is 2.07. The highest BCUT2D eigenvalue weighted by atomic mass is 35.7. The van der Waals surface area contributed by atoms with Gasteiger partial charge in [-0.1, -0.05) is 6.42 Å². The summed E-state index contributed by atoms with van der Waals surface area (Å²) < 4.78 is 21.6. The van der Waals surface area contributed by atoms with E-state index in [1.165, 1.54) is 0 Å². The van der Waals surface area contributed by atoms with Crippen molar-refractivity contribution in [3.05, 3.63) is 0 Å². The lowest BCUT2D eigenvalue weighted by molar-refractivity contribution is 0.202. The van der Waals surface area contributed by atoms with Crippen molar-refractivity contribution >= 4 is 19.7 Å². The van der Waals surface area contributed by atoms with Gasteiger partial charge in [0.2, 0.25) is 9.05 Å². The van der Waals surface area contributed by atoms with Gasteiger partial charge in [-0.2, -0.15) is 0 Å². The third-order valence-electron chi connectivity index (χ3n) is 2.31. The molecule has 3 nitrogen and oxygen atoms in total. The van der Waals surface area contributed by atoms with Gasteiger partial charge >= 0.3 is 0 Å². The summed E-state index contributed by atoms with van der Waals surface area (Å²) in [5.74, 6) is 0.0883. The molecule has 1 fully saturated rings. The van der Waals surface area contributed by atoms with Crippen molar-refractivity contribution in [2.75, 3.05) is 19.3 Å². The molecular weight excluding hydrogens is 198 g/mol. The molecule has 1 aliphatic heterocycles. The van der Waals surface area contributed by atoms with Crippen molar-refractivity contribution in [3.63, 3.8) is 0 Å². The van der Waals surface area contributed by atoms with Crippen LogP contribution in [0.3, 0.4) is 0 Å². The van der Waals surface area contributed by atoms with Crippen LogP contribution in [0, 0.1) is 0 Å². The first-order valence-electron chi connectivity index (χ1n) is 4.11. The van der Waals surface area contributed by atoms with Gasteiger partial charge in [-0.15, -0.1) is 0 Å². The summed E-state index contributed by atoms with van der Waals surface area (Å²) in [7, 11) is 3.80. The summed E-state index contributed by atoms with van der Waals surface area (Å²) in [6.07, 6.45) is 3.22. The number of hydrogen-bond donors (Lipinski definition) is 0. The lowest BCUT2D eigenvalue weighted by Gasteiger charge is -2.31. The van der Waals surface area contributed by atoms with Crippen LogP contribution in [0.5, 0.6) is 0 Å². The molecule has 0 bridgehead atoms. The molecule has 0 saturated carbocycles. The van der Waals surface area contributed by atoms with Crippen LogP contribution in [0.4, 0.5) is 0 Å². The molecule has 0 aromatic rings. The number of likely N-dealkylation sites (tertiary alicyclic amines) is 1. The molecule has 0 aliphatic carbocycles. The Kier molecular flexibility index (Phi) is 3.37. The van der Waals surface area contributed by atoms with Crippen molar-refractivity contribution in [1.29, 1.82) is 0 Å². The highest BCUT2D eigenvalue weighted by molar-refractivity contribution is 8.13. The average Bonchev–Trinajstić information content (AvgIpc) is 1.91. The zero-order chi connectivity index (χ0) is 9.19. The zero-order valence-electron chi connectivity index (χ0n) is 7.16. The van der Waals surface area contributed by atoms with Gasteiger partial charge in [-0.25, -0.2) is 8.42 Å². The molecule has 1 aliphatic rings. The minimum atomic E-state index is -3.33. The van der Waals surface area contributed by atoms with E-state index in [2.05, 4.69) is 4.90 Å². The number of rotatable bonds is 2. The van der Waals surface area contributed by atoms with Crippen LogP contribution < -0.4 is 0 Å². The molecule has 1 rings (SSSR count). The van der Waals surface area contributed by atoms with Crippen LogP contribution in [0.1, 0.15) is 19.3 Å². The summed E-state index contributed by atoms with van der Waals surface area (Å²) >= 11 is 0. The predicted octanol–water partition coefficient (Wildman–Crippen LogP) is 1.04. The van der Waals surface area contributed by atoms with Gasteiger partial charge in [0.25, 0.3) is 0 Å². The van der Waals surface area contributed by atoms with E-state index in [0.717, 1.165) is 25.8 Å². The number of hydrogen-bond acceptors (Lipinski definition) is 3. The molecule has 12 heavy (non-hydrogen) atoms. The first-order valence-corrected chi connectivity index (χ1v) is 6.59. The lowest BCUT2D eigenvalue weighted by Crippen LogP contribution is -2.40. The average molecular weight is 212 g/mol. The minimum Gasteiger partial charge on any atom is -0.302 e. The quantitative estimate of drug-likeness (QED) is 0.641. The van der Waals surface area contributed by atoms with Gasteiger partial charge in [-0.05, 0) is 26.4 Å². The first-order chi connectivity index (χ1) is 5.49. The van der Waals surface area contributed by atoms with Gasteiger partial charge in [0.1, 0.15) is 0 Å². The van der Waals surface area contributed by atoms with E-state index in [1.54, 1.807) is 0 Å². The molecule has 0 spiro atoms. The Morgan fingerprint density at radius 2 is 2.17 bits per heavy atom. The molecule has 0 radical (unpaired) electrons. The van der Waals surface area contributed by atoms with E-state index in [1.807, 2.05) is 7.05 Å². The van der Waals surface area contributed by atoms with Crippen molar-refractivity contribution < 1.29 is 8.42 Å². The molecule has 1 unspecified atom stereocenters. The second kappa shape index (κ2) is 3.94. The molecule has 1 atom stereocenters. The Morgan fingerprint density at radius 3 is 2.67 bits per heavy atom. The topological polar surface area (TPSA) is 37.4 Å². The molecule has 5 heteroatoms. The molecule has 0 aromatic heterocycles. The summed E-state index contributed by atoms with van der Waals surface area (Å²) in [5, 5.41) is 0. The minimum absolute atomic E-state index is 0.0883. The largest absolute Gasteiger partial charge is 0.302 e. The van der Waals surface area contributed by atoms with Crippen LogP contribution >= 0.6 is 10.7 Å². The van der Waals surface area contributed by atoms with Crippen molar-refractivity contribution in [1.82, 2.24) is 4.90 Å². The van der Waals surface area contributed by atoms with E-state index in [9.17, 15) is 8.42 Å². The molecule has 1 saturated heterocycles. The molecular formula is C7H14ClNO2S. The summed E-state index contributed by atoms with van der Waals surface area (Å²) in [6, 6.07) is 0.126. The second-order valence-corrected chi connectivity index (χ2v) is 6.16. The predicted molar refractivity (Wildman–Crippen MR) is 49.9 cm³/mol. The second-order valence-electron chi connectivity index (χ2n) is 3.34. The fourth-order valence-corrected chi connectivity index (χ4v) is 2.90. The normalized spacial score (nSPS) is 27.3. The van der Waals surface area contributed by atoms with Gasteiger partial charge in [0, 0.05) is 16.7 Å². The smallest absolute Gasteiger partial charge is 0.234 e. The molecule has 72 valence electrons. The molecule has 1 heterocycles. The highest BCUT2D eigenvalue weighted by Gasteiger charge is 2.23. The van der Waals surface area contributed by atoms with Gasteiger partial charge < -0.3 is 4.90 Å². The Balaban J connectivity index is 2.50. The van der Waals surface area contributed by atoms with Crippen LogP contribution in [-0.2, 0) is 9.05 Å². The highest BCUT2D eigenvalue weighted by Crippen LogP contribution is 2.17. The fourth-order valence-electron chi connectivity index (χ4n) is 1.58. The Labute approximate surface area is 78.1 Å². The van der Waals surface area contributed by atoms with Gasteiger partial charge in [0.05, 0.1) is 5.75 Å². The summed E-state index contributed by atoms with van der Waals surface area (Å²) in [6.45, 7) is 0.983. The number of nitrogens with zero attached hydrogens (tertiary/aromatic N) is 1. The van der Waals surface area contributed by atoms with Crippen molar-refractivity contribution in [2.24, 2.45) is 0 Å². The molecule has 0 N–H and O–H groups in total. The van der Waals surface area contributed by atoms with Gasteiger partial charge in [0.15, 0.2) is 0 Å². The Morgan fingerprint density at radius 1 is 1.50 bits per heavy atom. The van der Waals surface area contributed by atoms with E-state index in [4.69, 9.17) is 10.7 Å². The first kappa shape index (κ1) is 10.3. The van der Waals surface area contributed by atoms with Crippen LogP contribution in [-0.4, -0.2) is 38.7 Å². The fraction of sp³-hybridized carbons (Fsp3) is 1.00. The third kappa shape index (κ3) is 3.29.